The van der Waals surface area contributed by atoms with Crippen LogP contribution in [0.15, 0.2) is 65.2 Å². The molecule has 2 heterocycles. The number of carbonyl (C=O) groups excluding carboxylic acids is 2. The van der Waals surface area contributed by atoms with Gasteiger partial charge in [0.2, 0.25) is 5.78 Å². The Balaban J connectivity index is 0.000000260. The van der Waals surface area contributed by atoms with E-state index < -0.39 is 11.6 Å². The highest BCUT2D eigenvalue weighted by Crippen LogP contribution is 2.26. The Bertz CT molecular complexity index is 1620. The molecule has 0 aliphatic heterocycles. The molecule has 0 spiro atoms. The van der Waals surface area contributed by atoms with Gasteiger partial charge in [-0.15, -0.1) is 0 Å². The maximum atomic E-state index is 13.9. The van der Waals surface area contributed by atoms with Crippen LogP contribution < -0.4 is 20.9 Å². The Hall–Kier alpha value is -4.54. The number of carbonyl (C=O) groups is 2. The predicted molar refractivity (Wildman–Crippen MR) is 174 cm³/mol. The summed E-state index contributed by atoms with van der Waals surface area (Å²) in [5.74, 6) is 0.611. The van der Waals surface area contributed by atoms with Crippen LogP contribution in [0.5, 0.6) is 11.5 Å². The van der Waals surface area contributed by atoms with Crippen molar-refractivity contribution >= 4 is 46.8 Å². The molecule has 1 amide bonds. The molecule has 46 heavy (non-hydrogen) atoms. The summed E-state index contributed by atoms with van der Waals surface area (Å²) >= 11 is 2.87. The number of halogens is 2. The molecule has 12 nitrogen and oxygen atoms in total. The van der Waals surface area contributed by atoms with E-state index in [2.05, 4.69) is 19.9 Å². The fourth-order valence-electron chi connectivity index (χ4n) is 3.37. The van der Waals surface area contributed by atoms with Crippen molar-refractivity contribution in [1.29, 1.82) is 0 Å². The third-order valence-electron chi connectivity index (χ3n) is 5.63. The molecule has 0 bridgehead atoms. The molecule has 16 heteroatoms. The van der Waals surface area contributed by atoms with Crippen molar-refractivity contribution in [3.05, 3.63) is 83.2 Å². The van der Waals surface area contributed by atoms with Crippen LogP contribution >= 0.6 is 23.5 Å². The number of amides is 1. The molecule has 0 atom stereocenters. The van der Waals surface area contributed by atoms with Crippen LogP contribution in [0, 0.1) is 11.6 Å². The maximum absolute atomic E-state index is 13.9. The zero-order valence-electron chi connectivity index (χ0n) is 26.1. The normalized spacial score (nSPS) is 10.1. The molecular formula is C30H35F2N7O5S2. The van der Waals surface area contributed by atoms with Gasteiger partial charge in [-0.05, 0) is 35.8 Å². The van der Waals surface area contributed by atoms with Gasteiger partial charge in [-0.1, -0.05) is 49.5 Å². The van der Waals surface area contributed by atoms with Gasteiger partial charge in [-0.2, -0.15) is 0 Å². The van der Waals surface area contributed by atoms with Crippen LogP contribution in [0.25, 0.3) is 0 Å². The fraction of sp³-hybridized carbons (Fsp3) is 0.267. The van der Waals surface area contributed by atoms with Gasteiger partial charge in [-0.3, -0.25) is 14.4 Å². The van der Waals surface area contributed by atoms with Crippen molar-refractivity contribution in [3.63, 3.8) is 0 Å². The van der Waals surface area contributed by atoms with Gasteiger partial charge >= 0.3 is 0 Å². The third kappa shape index (κ3) is 10.8. The summed E-state index contributed by atoms with van der Waals surface area (Å²) in [5, 5.41) is 2.12. The van der Waals surface area contributed by atoms with Gasteiger partial charge in [0.05, 0.1) is 26.9 Å². The molecule has 0 saturated heterocycles. The summed E-state index contributed by atoms with van der Waals surface area (Å²) < 4.78 is 36.0. The first-order valence-corrected chi connectivity index (χ1v) is 15.5. The lowest BCUT2D eigenvalue weighted by Gasteiger charge is -2.14. The SMILES string of the molecule is CCSc1ncc(C(=O)N(C)OC)c(N)n1.CCSc1ncc(C(=O)c2c(F)cccc2OC)c(N)n1.COc1cccc(F)c1. The molecule has 4 rings (SSSR count). The van der Waals surface area contributed by atoms with Crippen molar-refractivity contribution in [3.8, 4) is 11.5 Å². The first kappa shape index (κ1) is 37.6. The molecule has 4 N–H and O–H groups in total. The van der Waals surface area contributed by atoms with Crippen LogP contribution in [-0.2, 0) is 4.84 Å². The Morgan fingerprint density at radius 1 is 0.848 bits per heavy atom. The zero-order valence-corrected chi connectivity index (χ0v) is 27.7. The lowest BCUT2D eigenvalue weighted by molar-refractivity contribution is -0.0756. The van der Waals surface area contributed by atoms with Crippen molar-refractivity contribution in [2.75, 3.05) is 51.4 Å². The number of anilines is 2. The molecule has 2 aromatic carbocycles. The van der Waals surface area contributed by atoms with Gasteiger partial charge in [0.25, 0.3) is 5.91 Å². The van der Waals surface area contributed by atoms with Gasteiger partial charge in [0.15, 0.2) is 10.3 Å². The number of hydrogen-bond acceptors (Lipinski definition) is 13. The Labute approximate surface area is 274 Å². The van der Waals surface area contributed by atoms with Crippen LogP contribution in [0.2, 0.25) is 0 Å². The Morgan fingerprint density at radius 3 is 1.87 bits per heavy atom. The first-order valence-electron chi connectivity index (χ1n) is 13.5. The van der Waals surface area contributed by atoms with Gasteiger partial charge < -0.3 is 20.9 Å². The smallest absolute Gasteiger partial charge is 0.282 e. The summed E-state index contributed by atoms with van der Waals surface area (Å²) in [6, 6.07) is 10.2. The van der Waals surface area contributed by atoms with Gasteiger partial charge in [-0.25, -0.2) is 33.8 Å². The van der Waals surface area contributed by atoms with E-state index in [4.69, 9.17) is 25.8 Å². The maximum Gasteiger partial charge on any atom is 0.282 e. The van der Waals surface area contributed by atoms with Gasteiger partial charge in [0, 0.05) is 25.5 Å². The summed E-state index contributed by atoms with van der Waals surface area (Å²) in [4.78, 5) is 45.1. The molecule has 0 saturated carbocycles. The van der Waals surface area contributed by atoms with E-state index in [0.717, 1.165) is 16.6 Å². The number of nitrogen functional groups attached to an aromatic ring is 2. The van der Waals surface area contributed by atoms with Gasteiger partial charge in [0.1, 0.15) is 45.9 Å². The summed E-state index contributed by atoms with van der Waals surface area (Å²) in [5.41, 5.74) is 11.6. The van der Waals surface area contributed by atoms with E-state index in [1.807, 2.05) is 13.8 Å². The molecule has 246 valence electrons. The number of benzene rings is 2. The number of hydrogen-bond donors (Lipinski definition) is 2. The average Bonchev–Trinajstić information content (AvgIpc) is 3.04. The zero-order chi connectivity index (χ0) is 34.2. The number of ketones is 1. The minimum atomic E-state index is -0.675. The van der Waals surface area contributed by atoms with E-state index in [-0.39, 0.29) is 45.8 Å². The molecular weight excluding hydrogens is 641 g/mol. The second-order valence-electron chi connectivity index (χ2n) is 8.56. The Kier molecular flexibility index (Phi) is 15.6. The van der Waals surface area contributed by atoms with E-state index >= 15 is 0 Å². The standard InChI is InChI=1S/C14H14FN3O2S.C9H14N4O2S.C7H7FO/c1-3-21-14-17-7-8(13(16)18-14)12(19)11-9(15)5-4-6-10(11)20-2;1-4-16-9-11-5-6(7(10)12-9)8(14)13(2)15-3;1-9-7-4-2-3-6(8)5-7/h4-7H,3H2,1-2H3,(H2,16,17,18);5H,4H2,1-3H3,(H2,10,11,12);2-5H,1H3. The highest BCUT2D eigenvalue weighted by atomic mass is 32.2. The van der Waals surface area contributed by atoms with Crippen LogP contribution in [0.4, 0.5) is 20.4 Å². The van der Waals surface area contributed by atoms with E-state index in [1.165, 1.54) is 94.6 Å². The summed E-state index contributed by atoms with van der Waals surface area (Å²) in [7, 11) is 5.77. The lowest BCUT2D eigenvalue weighted by atomic mass is 10.0. The second-order valence-corrected chi connectivity index (χ2v) is 11.0. The highest BCUT2D eigenvalue weighted by molar-refractivity contribution is 7.99. The number of hydroxylamine groups is 2. The minimum absolute atomic E-state index is 0.0243. The number of nitrogens with zero attached hydrogens (tertiary/aromatic N) is 5. The van der Waals surface area contributed by atoms with Crippen molar-refractivity contribution < 1.29 is 32.7 Å². The quantitative estimate of drug-likeness (QED) is 0.0976. The number of thioether (sulfide) groups is 2. The second kappa shape index (κ2) is 19.1. The molecule has 2 aromatic heterocycles. The van der Waals surface area contributed by atoms with Crippen LogP contribution in [0.3, 0.4) is 0 Å². The average molecular weight is 676 g/mol. The summed E-state index contributed by atoms with van der Waals surface area (Å²) in [6.45, 7) is 3.94. The number of rotatable bonds is 10. The topological polar surface area (TPSA) is 169 Å². The van der Waals surface area contributed by atoms with Crippen molar-refractivity contribution in [2.45, 2.75) is 24.2 Å². The highest BCUT2D eigenvalue weighted by Gasteiger charge is 2.22. The molecule has 0 fully saturated rings. The third-order valence-corrected chi connectivity index (χ3v) is 7.12. The van der Waals surface area contributed by atoms with E-state index in [9.17, 15) is 18.4 Å². The predicted octanol–water partition coefficient (Wildman–Crippen LogP) is 5.19. The van der Waals surface area contributed by atoms with Crippen LogP contribution in [0.1, 0.15) is 40.1 Å². The Morgan fingerprint density at radius 2 is 1.41 bits per heavy atom. The fourth-order valence-corrected chi connectivity index (χ4v) is 4.47. The molecule has 0 aliphatic carbocycles. The van der Waals surface area contributed by atoms with E-state index in [0.29, 0.717) is 16.1 Å². The molecule has 0 radical (unpaired) electrons. The lowest BCUT2D eigenvalue weighted by Crippen LogP contribution is -2.26. The molecule has 4 aromatic rings. The monoisotopic (exact) mass is 675 g/mol. The number of aromatic nitrogens is 4. The molecule has 0 unspecified atom stereocenters. The summed E-state index contributed by atoms with van der Waals surface area (Å²) in [6.07, 6.45) is 2.73. The number of methoxy groups -OCH3 is 2. The number of ether oxygens (including phenoxy) is 2. The van der Waals surface area contributed by atoms with E-state index in [1.54, 1.807) is 12.1 Å². The minimum Gasteiger partial charge on any atom is -0.497 e. The largest absolute Gasteiger partial charge is 0.497 e. The van der Waals surface area contributed by atoms with Crippen molar-refractivity contribution in [1.82, 2.24) is 25.0 Å². The molecule has 0 aliphatic rings. The first-order chi connectivity index (χ1) is 22.0. The number of nitrogens with two attached hydrogens (primary N) is 2. The van der Waals surface area contributed by atoms with Crippen molar-refractivity contribution in [2.24, 2.45) is 0 Å². The van der Waals surface area contributed by atoms with Crippen LogP contribution in [-0.4, -0.2) is 76.6 Å².